The lowest BCUT2D eigenvalue weighted by Crippen LogP contribution is -2.18. The molecule has 1 aliphatic heterocycles. The Balaban J connectivity index is 2.23. The molecule has 0 unspecified atom stereocenters. The Bertz CT molecular complexity index is 354. The van der Waals surface area contributed by atoms with Crippen molar-refractivity contribution in [1.82, 2.24) is 0 Å². The molecule has 0 aliphatic carbocycles. The summed E-state index contributed by atoms with van der Waals surface area (Å²) in [5, 5.41) is 9.60. The number of anilines is 1. The summed E-state index contributed by atoms with van der Waals surface area (Å²) < 4.78 is 0. The maximum absolute atomic E-state index is 8.96. The monoisotopic (exact) mass is 209 g/mol. The van der Waals surface area contributed by atoms with Crippen molar-refractivity contribution in [1.29, 1.82) is 0 Å². The van der Waals surface area contributed by atoms with Crippen molar-refractivity contribution in [2.75, 3.05) is 18.0 Å². The summed E-state index contributed by atoms with van der Waals surface area (Å²) in [6.07, 6.45) is 4.27. The van der Waals surface area contributed by atoms with E-state index in [0.29, 0.717) is 5.02 Å². The first-order chi connectivity index (χ1) is 6.81. The lowest BCUT2D eigenvalue weighted by Gasteiger charge is -2.18. The van der Waals surface area contributed by atoms with Crippen molar-refractivity contribution in [3.05, 3.63) is 40.9 Å². The predicted octanol–water partition coefficient (Wildman–Crippen LogP) is 2.21. The van der Waals surface area contributed by atoms with Gasteiger partial charge in [0.25, 0.3) is 0 Å². The predicted molar refractivity (Wildman–Crippen MR) is 58.7 cm³/mol. The van der Waals surface area contributed by atoms with E-state index in [-0.39, 0.29) is 6.61 Å². The highest BCUT2D eigenvalue weighted by molar-refractivity contribution is 6.31. The van der Waals surface area contributed by atoms with Gasteiger partial charge in [-0.15, -0.1) is 0 Å². The minimum absolute atomic E-state index is 0.00262. The summed E-state index contributed by atoms with van der Waals surface area (Å²) in [6.45, 7) is 1.88. The van der Waals surface area contributed by atoms with Crippen LogP contribution in [0.3, 0.4) is 0 Å². The Labute approximate surface area is 88.4 Å². The van der Waals surface area contributed by atoms with Crippen LogP contribution in [0.5, 0.6) is 0 Å². The topological polar surface area (TPSA) is 23.5 Å². The van der Waals surface area contributed by atoms with E-state index in [1.807, 2.05) is 18.2 Å². The molecule has 1 heterocycles. The fourth-order valence-electron chi connectivity index (χ4n) is 1.55. The van der Waals surface area contributed by atoms with E-state index in [0.717, 1.165) is 24.3 Å². The van der Waals surface area contributed by atoms with Crippen LogP contribution < -0.4 is 4.90 Å². The molecular weight excluding hydrogens is 198 g/mol. The SMILES string of the molecule is OCc1ccc(N2CC=CC2)cc1Cl. The fourth-order valence-corrected chi connectivity index (χ4v) is 1.78. The van der Waals surface area contributed by atoms with E-state index >= 15 is 0 Å². The molecule has 0 aromatic heterocycles. The second-order valence-corrected chi connectivity index (χ2v) is 3.72. The third-order valence-electron chi connectivity index (χ3n) is 2.39. The molecule has 1 aromatic carbocycles. The Kier molecular flexibility index (Phi) is 2.75. The van der Waals surface area contributed by atoms with E-state index in [4.69, 9.17) is 16.7 Å². The van der Waals surface area contributed by atoms with E-state index in [9.17, 15) is 0 Å². The van der Waals surface area contributed by atoms with Crippen LogP contribution >= 0.6 is 11.6 Å². The van der Waals surface area contributed by atoms with Crippen LogP contribution in [-0.2, 0) is 6.61 Å². The van der Waals surface area contributed by atoms with Crippen LogP contribution in [0.25, 0.3) is 0 Å². The molecule has 0 amide bonds. The van der Waals surface area contributed by atoms with Gasteiger partial charge in [-0.25, -0.2) is 0 Å². The molecule has 0 spiro atoms. The van der Waals surface area contributed by atoms with Crippen LogP contribution in [0.2, 0.25) is 5.02 Å². The first kappa shape index (κ1) is 9.56. The molecule has 2 rings (SSSR count). The summed E-state index contributed by atoms with van der Waals surface area (Å²) in [6, 6.07) is 5.76. The third-order valence-corrected chi connectivity index (χ3v) is 2.74. The molecule has 2 nitrogen and oxygen atoms in total. The molecular formula is C11H12ClNO. The first-order valence-electron chi connectivity index (χ1n) is 4.60. The van der Waals surface area contributed by atoms with Gasteiger partial charge < -0.3 is 10.0 Å². The summed E-state index contributed by atoms with van der Waals surface area (Å²) >= 11 is 6.00. The lowest BCUT2D eigenvalue weighted by molar-refractivity contribution is 0.282. The van der Waals surface area contributed by atoms with Gasteiger partial charge >= 0.3 is 0 Å². The highest BCUT2D eigenvalue weighted by Gasteiger charge is 2.09. The highest BCUT2D eigenvalue weighted by atomic mass is 35.5. The quantitative estimate of drug-likeness (QED) is 0.755. The van der Waals surface area contributed by atoms with Crippen molar-refractivity contribution in [2.24, 2.45) is 0 Å². The largest absolute Gasteiger partial charge is 0.392 e. The van der Waals surface area contributed by atoms with Gasteiger partial charge in [0.05, 0.1) is 6.61 Å². The molecule has 1 aliphatic rings. The number of rotatable bonds is 2. The van der Waals surface area contributed by atoms with E-state index in [2.05, 4.69) is 17.1 Å². The molecule has 14 heavy (non-hydrogen) atoms. The van der Waals surface area contributed by atoms with Gasteiger partial charge in [-0.1, -0.05) is 29.8 Å². The number of halogens is 1. The Hall–Kier alpha value is -0.990. The smallest absolute Gasteiger partial charge is 0.0696 e. The molecule has 0 fully saturated rings. The highest BCUT2D eigenvalue weighted by Crippen LogP contribution is 2.24. The van der Waals surface area contributed by atoms with Gasteiger partial charge in [0.2, 0.25) is 0 Å². The van der Waals surface area contributed by atoms with Crippen LogP contribution in [0.15, 0.2) is 30.4 Å². The average Bonchev–Trinajstić information content (AvgIpc) is 2.70. The van der Waals surface area contributed by atoms with Crippen molar-refractivity contribution < 1.29 is 5.11 Å². The van der Waals surface area contributed by atoms with Gasteiger partial charge in [-0.05, 0) is 17.7 Å². The maximum atomic E-state index is 8.96. The van der Waals surface area contributed by atoms with Gasteiger partial charge in [0.1, 0.15) is 0 Å². The van der Waals surface area contributed by atoms with Crippen LogP contribution in [0.4, 0.5) is 5.69 Å². The molecule has 0 saturated carbocycles. The van der Waals surface area contributed by atoms with Crippen molar-refractivity contribution in [3.63, 3.8) is 0 Å². The standard InChI is InChI=1S/C11H12ClNO/c12-11-7-10(4-3-9(11)8-14)13-5-1-2-6-13/h1-4,7,14H,5-6,8H2. The number of benzene rings is 1. The zero-order chi connectivity index (χ0) is 9.97. The number of aliphatic hydroxyl groups excluding tert-OH is 1. The minimum Gasteiger partial charge on any atom is -0.392 e. The van der Waals surface area contributed by atoms with E-state index in [1.165, 1.54) is 0 Å². The Morgan fingerprint density at radius 1 is 1.29 bits per heavy atom. The molecule has 3 heteroatoms. The molecule has 0 bridgehead atoms. The summed E-state index contributed by atoms with van der Waals surface area (Å²) in [7, 11) is 0. The van der Waals surface area contributed by atoms with Crippen molar-refractivity contribution >= 4 is 17.3 Å². The lowest BCUT2D eigenvalue weighted by atomic mass is 10.2. The summed E-state index contributed by atoms with van der Waals surface area (Å²) in [5.41, 5.74) is 1.89. The summed E-state index contributed by atoms with van der Waals surface area (Å²) in [4.78, 5) is 2.22. The Morgan fingerprint density at radius 2 is 2.00 bits per heavy atom. The second kappa shape index (κ2) is 4.03. The molecule has 1 aromatic rings. The van der Waals surface area contributed by atoms with Gasteiger partial charge in [0, 0.05) is 23.8 Å². The number of nitrogens with zero attached hydrogens (tertiary/aromatic N) is 1. The third kappa shape index (κ3) is 1.76. The van der Waals surface area contributed by atoms with E-state index < -0.39 is 0 Å². The number of aliphatic hydroxyl groups is 1. The number of hydrogen-bond donors (Lipinski definition) is 1. The zero-order valence-electron chi connectivity index (χ0n) is 7.78. The average molecular weight is 210 g/mol. The second-order valence-electron chi connectivity index (χ2n) is 3.31. The fraction of sp³-hybridized carbons (Fsp3) is 0.273. The zero-order valence-corrected chi connectivity index (χ0v) is 8.54. The molecule has 1 N–H and O–H groups in total. The van der Waals surface area contributed by atoms with Crippen molar-refractivity contribution in [3.8, 4) is 0 Å². The van der Waals surface area contributed by atoms with Crippen molar-refractivity contribution in [2.45, 2.75) is 6.61 Å². The van der Waals surface area contributed by atoms with E-state index in [1.54, 1.807) is 0 Å². The van der Waals surface area contributed by atoms with Gasteiger partial charge in [0.15, 0.2) is 0 Å². The molecule has 74 valence electrons. The number of hydrogen-bond acceptors (Lipinski definition) is 2. The molecule has 0 saturated heterocycles. The molecule has 0 radical (unpaired) electrons. The van der Waals surface area contributed by atoms with Crippen LogP contribution in [0.1, 0.15) is 5.56 Å². The van der Waals surface area contributed by atoms with Crippen LogP contribution in [-0.4, -0.2) is 18.2 Å². The minimum atomic E-state index is -0.00262. The summed E-state index contributed by atoms with van der Waals surface area (Å²) in [5.74, 6) is 0. The van der Waals surface area contributed by atoms with Gasteiger partial charge in [-0.3, -0.25) is 0 Å². The van der Waals surface area contributed by atoms with Gasteiger partial charge in [-0.2, -0.15) is 0 Å². The Morgan fingerprint density at radius 3 is 2.57 bits per heavy atom. The maximum Gasteiger partial charge on any atom is 0.0696 e. The molecule has 0 atom stereocenters. The first-order valence-corrected chi connectivity index (χ1v) is 4.98. The van der Waals surface area contributed by atoms with Crippen LogP contribution in [0, 0.1) is 0 Å². The normalized spacial score (nSPS) is 15.1.